The number of benzene rings is 3. The molecule has 2 atom stereocenters. The molecule has 1 N–H and O–H groups in total. The molecule has 48 heavy (non-hydrogen) atoms. The SMILES string of the molecule is C=C1C2=C(C)Oc3cc4c(cc3O2)C(Cc2ccc(OC)c(c2)Oc2ccc(cc2)CC1N(C)C)N(C(=O)NCc1ccncc1)CC4. The van der Waals surface area contributed by atoms with E-state index in [0.29, 0.717) is 72.6 Å². The Balaban J connectivity index is 1.32. The summed E-state index contributed by atoms with van der Waals surface area (Å²) in [7, 11) is 5.72. The number of likely N-dealkylation sites (N-methyl/N-ethyl adjacent to an activating group) is 1. The maximum Gasteiger partial charge on any atom is 0.318 e. The molecule has 0 spiro atoms. The van der Waals surface area contributed by atoms with Gasteiger partial charge in [-0.1, -0.05) is 24.8 Å². The Morgan fingerprint density at radius 3 is 2.46 bits per heavy atom. The Hall–Kier alpha value is -5.28. The van der Waals surface area contributed by atoms with Gasteiger partial charge >= 0.3 is 6.03 Å². The summed E-state index contributed by atoms with van der Waals surface area (Å²) in [6.45, 7) is 7.38. The lowest BCUT2D eigenvalue weighted by molar-refractivity contribution is 0.168. The van der Waals surface area contributed by atoms with E-state index in [4.69, 9.17) is 18.9 Å². The van der Waals surface area contributed by atoms with Crippen molar-refractivity contribution in [3.8, 4) is 28.7 Å². The molecule has 4 aliphatic rings. The van der Waals surface area contributed by atoms with Crippen LogP contribution in [0.2, 0.25) is 0 Å². The largest absolute Gasteiger partial charge is 0.493 e. The zero-order chi connectivity index (χ0) is 33.4. The Labute approximate surface area is 281 Å². The predicted octanol–water partition coefficient (Wildman–Crippen LogP) is 6.98. The molecule has 0 saturated carbocycles. The Morgan fingerprint density at radius 1 is 0.958 bits per heavy atom. The first-order chi connectivity index (χ1) is 23.3. The van der Waals surface area contributed by atoms with Gasteiger partial charge in [0, 0.05) is 37.1 Å². The number of nitrogens with one attached hydrogen (secondary N) is 1. The fraction of sp³-hybridized carbons (Fsp3) is 0.282. The highest BCUT2D eigenvalue weighted by atomic mass is 16.6. The number of rotatable bonds is 4. The summed E-state index contributed by atoms with van der Waals surface area (Å²) in [5, 5.41) is 3.13. The fourth-order valence-corrected chi connectivity index (χ4v) is 6.76. The van der Waals surface area contributed by atoms with Crippen LogP contribution in [0.3, 0.4) is 0 Å². The predicted molar refractivity (Wildman–Crippen MR) is 184 cm³/mol. The third kappa shape index (κ3) is 6.21. The van der Waals surface area contributed by atoms with Gasteiger partial charge < -0.3 is 34.1 Å². The van der Waals surface area contributed by atoms with Gasteiger partial charge in [-0.25, -0.2) is 4.79 Å². The molecule has 0 radical (unpaired) electrons. The molecule has 0 fully saturated rings. The number of allylic oxidation sites excluding steroid dienone is 1. The number of ether oxygens (including phenoxy) is 4. The third-order valence-corrected chi connectivity index (χ3v) is 9.37. The smallest absolute Gasteiger partial charge is 0.318 e. The van der Waals surface area contributed by atoms with Crippen molar-refractivity contribution in [2.24, 2.45) is 0 Å². The maximum atomic E-state index is 13.9. The molecule has 1 aromatic heterocycles. The van der Waals surface area contributed by atoms with Crippen molar-refractivity contribution in [2.45, 2.75) is 44.8 Å². The molecule has 4 aliphatic heterocycles. The Bertz CT molecular complexity index is 1890. The molecule has 7 bridgehead atoms. The molecule has 5 heterocycles. The lowest BCUT2D eigenvalue weighted by Gasteiger charge is -2.38. The summed E-state index contributed by atoms with van der Waals surface area (Å²) in [5.74, 6) is 4.53. The zero-order valence-electron chi connectivity index (χ0n) is 27.8. The first-order valence-corrected chi connectivity index (χ1v) is 16.2. The number of aromatic nitrogens is 1. The Kier molecular flexibility index (Phi) is 8.54. The molecular weight excluding hydrogens is 604 g/mol. The summed E-state index contributed by atoms with van der Waals surface area (Å²) < 4.78 is 25.2. The van der Waals surface area contributed by atoms with Crippen LogP contribution in [0, 0.1) is 0 Å². The van der Waals surface area contributed by atoms with Gasteiger partial charge in [-0.2, -0.15) is 0 Å². The summed E-state index contributed by atoms with van der Waals surface area (Å²) >= 11 is 0. The number of hydrogen-bond acceptors (Lipinski definition) is 7. The lowest BCUT2D eigenvalue weighted by atomic mass is 9.88. The molecule has 246 valence electrons. The van der Waals surface area contributed by atoms with E-state index in [2.05, 4.69) is 40.0 Å². The molecule has 0 saturated heterocycles. The van der Waals surface area contributed by atoms with Crippen LogP contribution in [0.1, 0.15) is 40.8 Å². The number of urea groups is 1. The summed E-state index contributed by atoms with van der Waals surface area (Å²) in [5.41, 5.74) is 6.10. The van der Waals surface area contributed by atoms with E-state index in [1.165, 1.54) is 0 Å². The van der Waals surface area contributed by atoms with E-state index in [0.717, 1.165) is 33.4 Å². The number of pyridine rings is 1. The zero-order valence-corrected chi connectivity index (χ0v) is 27.8. The number of methoxy groups -OCH3 is 1. The molecular formula is C39H40N4O5. The lowest BCUT2D eigenvalue weighted by Crippen LogP contribution is -2.46. The van der Waals surface area contributed by atoms with Crippen molar-refractivity contribution in [1.82, 2.24) is 20.1 Å². The van der Waals surface area contributed by atoms with Gasteiger partial charge in [0.05, 0.1) is 13.2 Å². The van der Waals surface area contributed by atoms with Crippen molar-refractivity contribution in [1.29, 1.82) is 0 Å². The molecule has 9 heteroatoms. The molecule has 3 aromatic carbocycles. The second-order valence-electron chi connectivity index (χ2n) is 12.7. The molecule has 0 aliphatic carbocycles. The van der Waals surface area contributed by atoms with Crippen molar-refractivity contribution in [3.63, 3.8) is 0 Å². The summed E-state index contributed by atoms with van der Waals surface area (Å²) in [6, 6.07) is 21.5. The van der Waals surface area contributed by atoms with E-state index < -0.39 is 0 Å². The minimum Gasteiger partial charge on any atom is -0.493 e. The number of fused-ring (bicyclic) bond motifs is 4. The van der Waals surface area contributed by atoms with E-state index >= 15 is 0 Å². The second kappa shape index (κ2) is 13.1. The highest BCUT2D eigenvalue weighted by Gasteiger charge is 2.35. The van der Waals surface area contributed by atoms with Crippen LogP contribution < -0.4 is 24.3 Å². The average Bonchev–Trinajstić information content (AvgIpc) is 3.09. The molecule has 2 amide bonds. The topological polar surface area (TPSA) is 85.4 Å². The van der Waals surface area contributed by atoms with Gasteiger partial charge in [0.15, 0.2) is 28.8 Å². The van der Waals surface area contributed by atoms with Gasteiger partial charge in [-0.3, -0.25) is 4.98 Å². The van der Waals surface area contributed by atoms with Crippen LogP contribution >= 0.6 is 0 Å². The van der Waals surface area contributed by atoms with Gasteiger partial charge in [0.1, 0.15) is 11.5 Å². The van der Waals surface area contributed by atoms with Crippen molar-refractivity contribution in [3.05, 3.63) is 131 Å². The van der Waals surface area contributed by atoms with E-state index in [-0.39, 0.29) is 18.1 Å². The molecule has 8 rings (SSSR count). The van der Waals surface area contributed by atoms with E-state index in [1.54, 1.807) is 19.5 Å². The van der Waals surface area contributed by atoms with Gasteiger partial charge in [0.25, 0.3) is 0 Å². The highest BCUT2D eigenvalue weighted by Crippen LogP contribution is 2.45. The third-order valence-electron chi connectivity index (χ3n) is 9.37. The molecule has 9 nitrogen and oxygen atoms in total. The van der Waals surface area contributed by atoms with Crippen LogP contribution in [-0.2, 0) is 25.8 Å². The van der Waals surface area contributed by atoms with Crippen molar-refractivity contribution in [2.75, 3.05) is 27.7 Å². The van der Waals surface area contributed by atoms with Crippen LogP contribution in [0.5, 0.6) is 28.7 Å². The second-order valence-corrected chi connectivity index (χ2v) is 12.7. The number of hydrogen-bond donors (Lipinski definition) is 1. The van der Waals surface area contributed by atoms with Crippen LogP contribution in [-0.4, -0.2) is 54.6 Å². The quantitative estimate of drug-likeness (QED) is 0.257. The monoisotopic (exact) mass is 644 g/mol. The molecule has 4 aromatic rings. The van der Waals surface area contributed by atoms with E-state index in [1.807, 2.05) is 74.4 Å². The number of amides is 2. The number of nitrogens with zero attached hydrogens (tertiary/aromatic N) is 3. The normalized spacial score (nSPS) is 18.4. The highest BCUT2D eigenvalue weighted by molar-refractivity contribution is 5.75. The molecule has 2 unspecified atom stereocenters. The first-order valence-electron chi connectivity index (χ1n) is 16.2. The van der Waals surface area contributed by atoms with Gasteiger partial charge in [0.2, 0.25) is 0 Å². The Morgan fingerprint density at radius 2 is 1.71 bits per heavy atom. The summed E-state index contributed by atoms with van der Waals surface area (Å²) in [4.78, 5) is 22.0. The first kappa shape index (κ1) is 31.3. The van der Waals surface area contributed by atoms with E-state index in [9.17, 15) is 4.79 Å². The van der Waals surface area contributed by atoms with Crippen molar-refractivity contribution < 1.29 is 23.7 Å². The number of carbonyl (C=O) groups excluding carboxylic acids is 1. The minimum atomic E-state index is -0.285. The van der Waals surface area contributed by atoms with Crippen LogP contribution in [0.25, 0.3) is 0 Å². The number of carbonyl (C=O) groups is 1. The minimum absolute atomic E-state index is 0.0486. The fourth-order valence-electron chi connectivity index (χ4n) is 6.76. The average molecular weight is 645 g/mol. The van der Waals surface area contributed by atoms with Gasteiger partial charge in [-0.05, 0) is 117 Å². The van der Waals surface area contributed by atoms with Crippen molar-refractivity contribution >= 4 is 6.03 Å². The van der Waals surface area contributed by atoms with Crippen LogP contribution in [0.4, 0.5) is 4.79 Å². The van der Waals surface area contributed by atoms with Crippen LogP contribution in [0.15, 0.2) is 103 Å². The standard InChI is InChI=1S/C39H40N4O5/c1-24-32(42(3)4)18-26-6-9-30(10-7-26)47-35-20-28(8-11-34(35)45-5)19-33-31-22-37-36(46-25(2)38(24)48-37)21-29(31)14-17-43(33)39(44)41-23-27-12-15-40-16-13-27/h6-13,15-16,20-22,32-33H,1,14,17-19,23H2,2-5H3,(H,41,44). The maximum absolute atomic E-state index is 13.9. The summed E-state index contributed by atoms with van der Waals surface area (Å²) in [6.07, 6.45) is 5.40. The van der Waals surface area contributed by atoms with Gasteiger partial charge in [-0.15, -0.1) is 0 Å².